The summed E-state index contributed by atoms with van der Waals surface area (Å²) in [6, 6.07) is 9.82. The first kappa shape index (κ1) is 17.8. The number of amides is 1. The monoisotopic (exact) mass is 381 g/mol. The number of carboxylic acid groups (broad SMARTS) is 1. The number of furan rings is 1. The molecule has 1 aliphatic heterocycles. The molecule has 0 saturated carbocycles. The topological polar surface area (TPSA) is 117 Å². The number of aromatic carboxylic acids is 1. The van der Waals surface area contributed by atoms with Gasteiger partial charge in [0.1, 0.15) is 17.3 Å². The van der Waals surface area contributed by atoms with Gasteiger partial charge in [0.05, 0.1) is 17.0 Å². The quantitative estimate of drug-likeness (QED) is 0.641. The Morgan fingerprint density at radius 2 is 2.04 bits per heavy atom. The van der Waals surface area contributed by atoms with Gasteiger partial charge in [-0.25, -0.2) is 4.79 Å². The summed E-state index contributed by atoms with van der Waals surface area (Å²) < 4.78 is 7.58. The predicted molar refractivity (Wildman–Crippen MR) is 102 cm³/mol. The van der Waals surface area contributed by atoms with Crippen LogP contribution in [-0.4, -0.2) is 26.8 Å². The third-order valence-corrected chi connectivity index (χ3v) is 4.84. The number of hydrogen-bond donors (Lipinski definition) is 3. The van der Waals surface area contributed by atoms with Crippen molar-refractivity contribution in [1.82, 2.24) is 9.78 Å². The van der Waals surface area contributed by atoms with E-state index in [1.807, 2.05) is 13.8 Å². The van der Waals surface area contributed by atoms with Crippen LogP contribution < -0.4 is 10.9 Å². The molecule has 4 rings (SSSR count). The van der Waals surface area contributed by atoms with Crippen LogP contribution in [0.1, 0.15) is 53.9 Å². The molecule has 1 atom stereocenters. The molecule has 1 aliphatic rings. The third-order valence-electron chi connectivity index (χ3n) is 4.84. The lowest BCUT2D eigenvalue weighted by atomic mass is 9.92. The number of anilines is 1. The summed E-state index contributed by atoms with van der Waals surface area (Å²) >= 11 is 0. The van der Waals surface area contributed by atoms with Crippen molar-refractivity contribution in [3.63, 3.8) is 0 Å². The van der Waals surface area contributed by atoms with Gasteiger partial charge < -0.3 is 14.8 Å². The zero-order valence-corrected chi connectivity index (χ0v) is 15.4. The van der Waals surface area contributed by atoms with Gasteiger partial charge in [-0.3, -0.25) is 19.4 Å². The number of H-pyrrole nitrogens is 1. The highest BCUT2D eigenvalue weighted by atomic mass is 16.4. The van der Waals surface area contributed by atoms with E-state index in [1.54, 1.807) is 28.9 Å². The average molecular weight is 381 g/mol. The second kappa shape index (κ2) is 6.56. The number of carboxylic acids is 1. The Morgan fingerprint density at radius 3 is 2.75 bits per heavy atom. The van der Waals surface area contributed by atoms with E-state index >= 15 is 0 Å². The van der Waals surface area contributed by atoms with Crippen molar-refractivity contribution in [2.24, 2.45) is 0 Å². The van der Waals surface area contributed by atoms with E-state index in [0.717, 1.165) is 0 Å². The number of fused-ring (bicyclic) bond motifs is 1. The Morgan fingerprint density at radius 1 is 1.25 bits per heavy atom. The first-order valence-electron chi connectivity index (χ1n) is 8.93. The number of carbonyl (C=O) groups is 2. The van der Waals surface area contributed by atoms with E-state index in [0.29, 0.717) is 28.5 Å². The maximum Gasteiger partial charge on any atom is 0.335 e. The summed E-state index contributed by atoms with van der Waals surface area (Å²) in [6.07, 6.45) is 0.0975. The smallest absolute Gasteiger partial charge is 0.335 e. The molecule has 3 N–H and O–H groups in total. The molecule has 0 bridgehead atoms. The molecule has 0 aliphatic carbocycles. The molecule has 1 aromatic carbocycles. The van der Waals surface area contributed by atoms with E-state index in [2.05, 4.69) is 10.4 Å². The van der Waals surface area contributed by atoms with Gasteiger partial charge in [-0.1, -0.05) is 12.1 Å². The van der Waals surface area contributed by atoms with Gasteiger partial charge in [0.25, 0.3) is 5.56 Å². The molecule has 0 fully saturated rings. The summed E-state index contributed by atoms with van der Waals surface area (Å²) in [6.45, 7) is 3.82. The summed E-state index contributed by atoms with van der Waals surface area (Å²) in [5.41, 5.74) is 0.966. The van der Waals surface area contributed by atoms with Crippen LogP contribution in [0.15, 0.2) is 45.6 Å². The molecule has 0 radical (unpaired) electrons. The molecule has 8 nitrogen and oxygen atoms in total. The Labute approximate surface area is 159 Å². The number of benzene rings is 1. The number of aromatic amines is 1. The molecule has 2 aromatic heterocycles. The van der Waals surface area contributed by atoms with E-state index in [9.17, 15) is 14.4 Å². The van der Waals surface area contributed by atoms with Crippen molar-refractivity contribution in [3.8, 4) is 11.3 Å². The minimum atomic E-state index is -1.02. The lowest BCUT2D eigenvalue weighted by molar-refractivity contribution is -0.116. The summed E-state index contributed by atoms with van der Waals surface area (Å²) in [5.74, 6) is -0.305. The SMILES string of the molecule is CC(C)n1[nH]c(=O)c2c1NC(=O)C[C@H]2c1ccc(-c2cccc(C(=O)O)c2)o1. The molecule has 0 saturated heterocycles. The van der Waals surface area contributed by atoms with E-state index < -0.39 is 11.9 Å². The van der Waals surface area contributed by atoms with Crippen LogP contribution in [-0.2, 0) is 4.79 Å². The Bertz CT molecular complexity index is 1130. The lowest BCUT2D eigenvalue weighted by Gasteiger charge is -2.22. The summed E-state index contributed by atoms with van der Waals surface area (Å²) in [7, 11) is 0. The molecule has 28 heavy (non-hydrogen) atoms. The van der Waals surface area contributed by atoms with Crippen LogP contribution in [0.5, 0.6) is 0 Å². The number of aromatic nitrogens is 2. The standard InChI is InChI=1S/C20H19N3O5/c1-10(2)23-18-17(19(25)22-23)13(9-16(24)21-18)15-7-6-14(28-15)11-4-3-5-12(8-11)20(26)27/h3-8,10,13H,9H2,1-2H3,(H,21,24)(H,22,25)(H,26,27)/t13-/m0/s1. The fourth-order valence-corrected chi connectivity index (χ4v) is 3.52. The highest BCUT2D eigenvalue weighted by Crippen LogP contribution is 2.38. The fourth-order valence-electron chi connectivity index (χ4n) is 3.52. The van der Waals surface area contributed by atoms with Crippen LogP contribution in [0, 0.1) is 0 Å². The molecule has 3 aromatic rings. The predicted octanol–water partition coefficient (Wildman–Crippen LogP) is 3.19. The van der Waals surface area contributed by atoms with Gasteiger partial charge in [0.15, 0.2) is 0 Å². The molecule has 3 heterocycles. The van der Waals surface area contributed by atoms with Crippen LogP contribution in [0.4, 0.5) is 5.82 Å². The fraction of sp³-hybridized carbons (Fsp3) is 0.250. The van der Waals surface area contributed by atoms with Gasteiger partial charge in [-0.05, 0) is 38.1 Å². The second-order valence-corrected chi connectivity index (χ2v) is 7.06. The molecular formula is C20H19N3O5. The van der Waals surface area contributed by atoms with E-state index in [1.165, 1.54) is 12.1 Å². The molecule has 144 valence electrons. The van der Waals surface area contributed by atoms with Crippen molar-refractivity contribution in [2.45, 2.75) is 32.2 Å². The Balaban J connectivity index is 1.76. The molecule has 0 spiro atoms. The zero-order chi connectivity index (χ0) is 20.0. The lowest BCUT2D eigenvalue weighted by Crippen LogP contribution is -2.27. The van der Waals surface area contributed by atoms with Gasteiger partial charge in [-0.2, -0.15) is 0 Å². The minimum Gasteiger partial charge on any atom is -0.478 e. The van der Waals surface area contributed by atoms with Gasteiger partial charge in [0, 0.05) is 18.0 Å². The number of hydrogen-bond acceptors (Lipinski definition) is 4. The third kappa shape index (κ3) is 2.92. The van der Waals surface area contributed by atoms with Crippen molar-refractivity contribution in [2.75, 3.05) is 5.32 Å². The summed E-state index contributed by atoms with van der Waals surface area (Å²) in [4.78, 5) is 36.0. The average Bonchev–Trinajstić information content (AvgIpc) is 3.26. The largest absolute Gasteiger partial charge is 0.478 e. The molecule has 0 unspecified atom stereocenters. The van der Waals surface area contributed by atoms with Crippen molar-refractivity contribution in [1.29, 1.82) is 0 Å². The minimum absolute atomic E-state index is 0.0265. The zero-order valence-electron chi connectivity index (χ0n) is 15.4. The van der Waals surface area contributed by atoms with Gasteiger partial charge in [-0.15, -0.1) is 0 Å². The number of nitrogens with one attached hydrogen (secondary N) is 2. The summed E-state index contributed by atoms with van der Waals surface area (Å²) in [5, 5.41) is 14.7. The van der Waals surface area contributed by atoms with Crippen LogP contribution in [0.2, 0.25) is 0 Å². The molecule has 8 heteroatoms. The van der Waals surface area contributed by atoms with E-state index in [4.69, 9.17) is 9.52 Å². The van der Waals surface area contributed by atoms with Crippen molar-refractivity contribution >= 4 is 17.7 Å². The maximum atomic E-state index is 12.5. The Kier molecular flexibility index (Phi) is 4.18. The van der Waals surface area contributed by atoms with Gasteiger partial charge in [0.2, 0.25) is 5.91 Å². The molecular weight excluding hydrogens is 362 g/mol. The van der Waals surface area contributed by atoms with Crippen LogP contribution in [0.3, 0.4) is 0 Å². The maximum absolute atomic E-state index is 12.5. The first-order chi connectivity index (χ1) is 13.3. The second-order valence-electron chi connectivity index (χ2n) is 7.06. The number of rotatable bonds is 4. The van der Waals surface area contributed by atoms with Gasteiger partial charge >= 0.3 is 5.97 Å². The number of carbonyl (C=O) groups excluding carboxylic acids is 1. The van der Waals surface area contributed by atoms with Crippen LogP contribution >= 0.6 is 0 Å². The van der Waals surface area contributed by atoms with E-state index in [-0.39, 0.29) is 29.5 Å². The van der Waals surface area contributed by atoms with Crippen molar-refractivity contribution in [3.05, 3.63) is 63.6 Å². The number of nitrogens with zero attached hydrogens (tertiary/aromatic N) is 1. The normalized spacial score (nSPS) is 16.1. The highest BCUT2D eigenvalue weighted by molar-refractivity contribution is 5.94. The molecule has 1 amide bonds. The Hall–Kier alpha value is -3.55. The first-order valence-corrected chi connectivity index (χ1v) is 8.93. The highest BCUT2D eigenvalue weighted by Gasteiger charge is 2.34. The van der Waals surface area contributed by atoms with Crippen molar-refractivity contribution < 1.29 is 19.1 Å². The van der Waals surface area contributed by atoms with Crippen LogP contribution in [0.25, 0.3) is 11.3 Å².